The van der Waals surface area contributed by atoms with Crippen molar-refractivity contribution in [2.75, 3.05) is 13.1 Å². The lowest BCUT2D eigenvalue weighted by Crippen LogP contribution is -2.33. The lowest BCUT2D eigenvalue weighted by atomic mass is 9.91. The second-order valence-electron chi connectivity index (χ2n) is 5.72. The van der Waals surface area contributed by atoms with Crippen molar-refractivity contribution in [3.05, 3.63) is 51.6 Å². The molecular formula is C15H17N5OS. The molecule has 1 N–H and O–H groups in total. The molecule has 0 aliphatic carbocycles. The highest BCUT2D eigenvalue weighted by Gasteiger charge is 2.21. The maximum Gasteiger partial charge on any atom is 0.258 e. The summed E-state index contributed by atoms with van der Waals surface area (Å²) in [6, 6.07) is 1.65. The van der Waals surface area contributed by atoms with Gasteiger partial charge in [-0.25, -0.2) is 4.98 Å². The molecule has 0 atom stereocenters. The van der Waals surface area contributed by atoms with E-state index in [1.807, 2.05) is 17.8 Å². The van der Waals surface area contributed by atoms with E-state index in [0.29, 0.717) is 5.92 Å². The van der Waals surface area contributed by atoms with Crippen molar-refractivity contribution in [3.8, 4) is 0 Å². The van der Waals surface area contributed by atoms with Crippen molar-refractivity contribution in [1.29, 1.82) is 0 Å². The van der Waals surface area contributed by atoms with E-state index in [1.54, 1.807) is 16.7 Å². The lowest BCUT2D eigenvalue weighted by molar-refractivity contribution is 0.202. The Morgan fingerprint density at radius 3 is 3.00 bits per heavy atom. The van der Waals surface area contributed by atoms with E-state index in [4.69, 9.17) is 0 Å². The largest absolute Gasteiger partial charge is 0.297 e. The predicted molar refractivity (Wildman–Crippen MR) is 85.2 cm³/mol. The van der Waals surface area contributed by atoms with Crippen molar-refractivity contribution in [1.82, 2.24) is 24.5 Å². The fraction of sp³-hybridized carbons (Fsp3) is 0.400. The lowest BCUT2D eigenvalue weighted by Gasteiger charge is -2.31. The summed E-state index contributed by atoms with van der Waals surface area (Å²) in [4.78, 5) is 19.7. The summed E-state index contributed by atoms with van der Waals surface area (Å²) in [5.74, 6) is 0.591. The van der Waals surface area contributed by atoms with Gasteiger partial charge in [0.25, 0.3) is 5.56 Å². The summed E-state index contributed by atoms with van der Waals surface area (Å²) in [5.41, 5.74) is 2.18. The van der Waals surface area contributed by atoms with Crippen molar-refractivity contribution >= 4 is 16.3 Å². The van der Waals surface area contributed by atoms with E-state index in [1.165, 1.54) is 16.9 Å². The number of nitrogens with zero attached hydrogens (tertiary/aromatic N) is 4. The van der Waals surface area contributed by atoms with Gasteiger partial charge in [0, 0.05) is 30.4 Å². The van der Waals surface area contributed by atoms with Crippen LogP contribution in [-0.4, -0.2) is 37.6 Å². The molecule has 3 aromatic heterocycles. The van der Waals surface area contributed by atoms with Crippen LogP contribution in [-0.2, 0) is 6.54 Å². The monoisotopic (exact) mass is 315 g/mol. The number of rotatable bonds is 3. The van der Waals surface area contributed by atoms with Crippen LogP contribution >= 0.6 is 11.3 Å². The molecule has 0 saturated carbocycles. The Kier molecular flexibility index (Phi) is 3.51. The molecule has 4 rings (SSSR count). The first-order valence-corrected chi connectivity index (χ1v) is 8.34. The number of hydrogen-bond donors (Lipinski definition) is 1. The minimum Gasteiger partial charge on any atom is -0.297 e. The number of aromatic nitrogens is 4. The number of likely N-dealkylation sites (tertiary alicyclic amines) is 1. The van der Waals surface area contributed by atoms with Crippen LogP contribution in [0, 0.1) is 0 Å². The number of piperidine rings is 1. The molecule has 1 fully saturated rings. The van der Waals surface area contributed by atoms with Crippen LogP contribution in [0.2, 0.25) is 0 Å². The molecule has 3 aromatic rings. The minimum atomic E-state index is 0.00883. The van der Waals surface area contributed by atoms with Gasteiger partial charge in [-0.1, -0.05) is 0 Å². The summed E-state index contributed by atoms with van der Waals surface area (Å²) < 4.78 is 1.60. The molecular weight excluding hydrogens is 298 g/mol. The van der Waals surface area contributed by atoms with E-state index in [-0.39, 0.29) is 5.56 Å². The summed E-state index contributed by atoms with van der Waals surface area (Å²) in [5, 5.41) is 8.82. The average Bonchev–Trinajstić information content (AvgIpc) is 3.19. The molecule has 0 unspecified atom stereocenters. The number of aromatic amines is 1. The molecule has 0 aromatic carbocycles. The van der Waals surface area contributed by atoms with Gasteiger partial charge in [0.15, 0.2) is 4.96 Å². The number of hydrogen-bond acceptors (Lipinski definition) is 5. The van der Waals surface area contributed by atoms with E-state index >= 15 is 0 Å². The zero-order chi connectivity index (χ0) is 14.9. The first-order chi connectivity index (χ1) is 10.8. The maximum absolute atomic E-state index is 12.0. The summed E-state index contributed by atoms with van der Waals surface area (Å²) >= 11 is 1.50. The molecule has 7 heteroatoms. The van der Waals surface area contributed by atoms with Crippen molar-refractivity contribution in [2.45, 2.75) is 25.3 Å². The molecule has 0 amide bonds. The number of nitrogens with one attached hydrogen (secondary N) is 1. The molecule has 1 saturated heterocycles. The Morgan fingerprint density at radius 2 is 2.23 bits per heavy atom. The zero-order valence-electron chi connectivity index (χ0n) is 12.1. The van der Waals surface area contributed by atoms with Gasteiger partial charge < -0.3 is 0 Å². The van der Waals surface area contributed by atoms with E-state index < -0.39 is 0 Å². The van der Waals surface area contributed by atoms with Gasteiger partial charge in [0.05, 0.1) is 11.9 Å². The van der Waals surface area contributed by atoms with Crippen LogP contribution in [0.15, 0.2) is 34.8 Å². The van der Waals surface area contributed by atoms with Crippen LogP contribution in [0.5, 0.6) is 0 Å². The Balaban J connectivity index is 1.44. The van der Waals surface area contributed by atoms with Crippen LogP contribution in [0.4, 0.5) is 0 Å². The van der Waals surface area contributed by atoms with E-state index in [0.717, 1.165) is 43.1 Å². The number of H-pyrrole nitrogens is 1. The normalized spacial score (nSPS) is 17.3. The molecule has 0 bridgehead atoms. The van der Waals surface area contributed by atoms with Crippen molar-refractivity contribution in [3.63, 3.8) is 0 Å². The SMILES string of the molecule is O=c1cc(CN2CCC(c3cn[nH]c3)CC2)nc2sccn12. The molecule has 1 aliphatic rings. The van der Waals surface area contributed by atoms with Gasteiger partial charge in [-0.2, -0.15) is 5.10 Å². The molecule has 6 nitrogen and oxygen atoms in total. The van der Waals surface area contributed by atoms with Gasteiger partial charge in [0.1, 0.15) is 0 Å². The van der Waals surface area contributed by atoms with Gasteiger partial charge in [-0.3, -0.25) is 19.2 Å². The van der Waals surface area contributed by atoms with Crippen LogP contribution < -0.4 is 5.56 Å². The van der Waals surface area contributed by atoms with E-state index in [9.17, 15) is 4.79 Å². The molecule has 0 spiro atoms. The summed E-state index contributed by atoms with van der Waals surface area (Å²) in [6.45, 7) is 2.81. The van der Waals surface area contributed by atoms with E-state index in [2.05, 4.69) is 20.1 Å². The molecule has 4 heterocycles. The Labute approximate surface area is 131 Å². The fourth-order valence-electron chi connectivity index (χ4n) is 3.11. The third-order valence-corrected chi connectivity index (χ3v) is 5.08. The molecule has 22 heavy (non-hydrogen) atoms. The van der Waals surface area contributed by atoms with Gasteiger partial charge in [-0.15, -0.1) is 11.3 Å². The zero-order valence-corrected chi connectivity index (χ0v) is 12.9. The summed E-state index contributed by atoms with van der Waals surface area (Å²) in [6.07, 6.45) is 7.94. The first kappa shape index (κ1) is 13.7. The highest BCUT2D eigenvalue weighted by Crippen LogP contribution is 2.27. The van der Waals surface area contributed by atoms with Gasteiger partial charge >= 0.3 is 0 Å². The van der Waals surface area contributed by atoms with Gasteiger partial charge in [0.2, 0.25) is 0 Å². The fourth-order valence-corrected chi connectivity index (χ4v) is 3.85. The highest BCUT2D eigenvalue weighted by atomic mass is 32.1. The third-order valence-electron chi connectivity index (χ3n) is 4.32. The Hall–Kier alpha value is -1.99. The standard InChI is InChI=1S/C15H17N5OS/c21-14-7-13(18-15-20(14)5-6-22-15)10-19-3-1-11(2-4-19)12-8-16-17-9-12/h5-9,11H,1-4,10H2,(H,16,17). The van der Waals surface area contributed by atoms with Crippen LogP contribution in [0.3, 0.4) is 0 Å². The minimum absolute atomic E-state index is 0.00883. The van der Waals surface area contributed by atoms with Crippen molar-refractivity contribution in [2.24, 2.45) is 0 Å². The molecule has 114 valence electrons. The van der Waals surface area contributed by atoms with Crippen LogP contribution in [0.1, 0.15) is 30.0 Å². The van der Waals surface area contributed by atoms with Gasteiger partial charge in [-0.05, 0) is 37.4 Å². The second kappa shape index (κ2) is 5.66. The quantitative estimate of drug-likeness (QED) is 0.801. The molecule has 1 aliphatic heterocycles. The van der Waals surface area contributed by atoms with Crippen molar-refractivity contribution < 1.29 is 0 Å². The third kappa shape index (κ3) is 2.57. The smallest absolute Gasteiger partial charge is 0.258 e. The second-order valence-corrected chi connectivity index (χ2v) is 6.60. The number of thiazole rings is 1. The maximum atomic E-state index is 12.0. The first-order valence-electron chi connectivity index (χ1n) is 7.46. The Morgan fingerprint density at radius 1 is 1.36 bits per heavy atom. The Bertz CT molecular complexity index is 814. The summed E-state index contributed by atoms with van der Waals surface area (Å²) in [7, 11) is 0. The highest BCUT2D eigenvalue weighted by molar-refractivity contribution is 7.15. The molecule has 0 radical (unpaired) electrons. The number of fused-ring (bicyclic) bond motifs is 1. The average molecular weight is 315 g/mol. The topological polar surface area (TPSA) is 66.3 Å². The predicted octanol–water partition coefficient (Wildman–Crippen LogP) is 1.86. The van der Waals surface area contributed by atoms with Crippen LogP contribution in [0.25, 0.3) is 4.96 Å².